The molecule has 1 atom stereocenters. The highest BCUT2D eigenvalue weighted by Gasteiger charge is 2.22. The average molecular weight is 324 g/mol. The number of hydrogen-bond acceptors (Lipinski definition) is 4. The van der Waals surface area contributed by atoms with Crippen LogP contribution in [0.2, 0.25) is 0 Å². The molecule has 0 saturated heterocycles. The first kappa shape index (κ1) is 16.1. The quantitative estimate of drug-likeness (QED) is 0.856. The number of nitrogens with zero attached hydrogens (tertiary/aromatic N) is 1. The van der Waals surface area contributed by atoms with E-state index >= 15 is 0 Å². The molecule has 1 aromatic heterocycles. The van der Waals surface area contributed by atoms with Gasteiger partial charge in [0.15, 0.2) is 0 Å². The third-order valence-corrected chi connectivity index (χ3v) is 3.69. The number of aromatic nitrogens is 1. The zero-order valence-electron chi connectivity index (χ0n) is 13.8. The Morgan fingerprint density at radius 3 is 2.96 bits per heavy atom. The molecule has 24 heavy (non-hydrogen) atoms. The van der Waals surface area contributed by atoms with Gasteiger partial charge < -0.3 is 14.8 Å². The van der Waals surface area contributed by atoms with Crippen molar-refractivity contribution < 1.29 is 14.3 Å². The lowest BCUT2D eigenvalue weighted by atomic mass is 10.1. The molecule has 0 saturated carbocycles. The fraction of sp³-hybridized carbons (Fsp3) is 0.263. The van der Waals surface area contributed by atoms with Gasteiger partial charge in [0.25, 0.3) is 0 Å². The van der Waals surface area contributed by atoms with Crippen LogP contribution in [0, 0.1) is 0 Å². The molecule has 1 amide bonds. The first-order valence-corrected chi connectivity index (χ1v) is 8.01. The molecule has 124 valence electrons. The van der Waals surface area contributed by atoms with Gasteiger partial charge in [-0.3, -0.25) is 9.78 Å². The lowest BCUT2D eigenvalue weighted by molar-refractivity contribution is -0.111. The molecule has 1 aliphatic rings. The molecule has 1 aliphatic heterocycles. The largest absolute Gasteiger partial charge is 0.492 e. The molecule has 3 rings (SSSR count). The summed E-state index contributed by atoms with van der Waals surface area (Å²) in [7, 11) is 0. The Hall–Kier alpha value is -2.82. The number of hydrogen-bond donors (Lipinski definition) is 1. The number of pyridine rings is 1. The van der Waals surface area contributed by atoms with Crippen molar-refractivity contribution in [2.24, 2.45) is 0 Å². The number of nitrogens with one attached hydrogen (secondary N) is 1. The van der Waals surface area contributed by atoms with Gasteiger partial charge in [-0.1, -0.05) is 0 Å². The molecule has 0 fully saturated rings. The number of benzene rings is 1. The Morgan fingerprint density at radius 2 is 2.21 bits per heavy atom. The minimum absolute atomic E-state index is 0.145. The Bertz CT molecular complexity index is 757. The maximum absolute atomic E-state index is 12.2. The van der Waals surface area contributed by atoms with E-state index in [2.05, 4.69) is 10.3 Å². The summed E-state index contributed by atoms with van der Waals surface area (Å²) in [5, 5.41) is 2.86. The van der Waals surface area contributed by atoms with Gasteiger partial charge in [0.05, 0.1) is 12.3 Å². The van der Waals surface area contributed by atoms with Gasteiger partial charge in [-0.05, 0) is 43.7 Å². The van der Waals surface area contributed by atoms with Crippen molar-refractivity contribution in [2.45, 2.75) is 26.4 Å². The predicted molar refractivity (Wildman–Crippen MR) is 93.3 cm³/mol. The normalized spacial score (nSPS) is 15.8. The Labute approximate surface area is 141 Å². The van der Waals surface area contributed by atoms with Gasteiger partial charge in [-0.25, -0.2) is 0 Å². The summed E-state index contributed by atoms with van der Waals surface area (Å²) in [4.78, 5) is 16.1. The standard InChI is InChI=1S/C19H20N2O3/c1-3-23-18-11-15-10-13(2)24-17(15)12-16(18)21-19(22)5-4-14-6-8-20-9-7-14/h4-9,11-13H,3,10H2,1-2H3,(H,21,22)/b5-4+. The molecule has 0 bridgehead atoms. The fourth-order valence-electron chi connectivity index (χ4n) is 2.63. The summed E-state index contributed by atoms with van der Waals surface area (Å²) in [5.74, 6) is 1.25. The molecule has 2 aromatic rings. The summed E-state index contributed by atoms with van der Waals surface area (Å²) < 4.78 is 11.4. The SMILES string of the molecule is CCOc1cc2c(cc1NC(=O)/C=C/c1ccncc1)OC(C)C2. The molecule has 1 N–H and O–H groups in total. The van der Waals surface area contributed by atoms with E-state index in [0.29, 0.717) is 18.0 Å². The highest BCUT2D eigenvalue weighted by molar-refractivity contribution is 6.03. The van der Waals surface area contributed by atoms with Gasteiger partial charge in [0, 0.05) is 36.5 Å². The van der Waals surface area contributed by atoms with Crippen LogP contribution < -0.4 is 14.8 Å². The summed E-state index contributed by atoms with van der Waals surface area (Å²) in [6.45, 7) is 4.47. The Kier molecular flexibility index (Phi) is 4.79. The number of carbonyl (C=O) groups excluding carboxylic acids is 1. The van der Waals surface area contributed by atoms with E-state index in [1.54, 1.807) is 18.5 Å². The van der Waals surface area contributed by atoms with Crippen LogP contribution in [0.25, 0.3) is 6.08 Å². The molecule has 0 aliphatic carbocycles. The average Bonchev–Trinajstić information content (AvgIpc) is 2.93. The van der Waals surface area contributed by atoms with Crippen LogP contribution in [-0.4, -0.2) is 23.6 Å². The van der Waals surface area contributed by atoms with Crippen LogP contribution in [-0.2, 0) is 11.2 Å². The maximum atomic E-state index is 12.2. The van der Waals surface area contributed by atoms with Gasteiger partial charge in [0.1, 0.15) is 17.6 Å². The van der Waals surface area contributed by atoms with Crippen LogP contribution in [0.15, 0.2) is 42.7 Å². The monoisotopic (exact) mass is 324 g/mol. The van der Waals surface area contributed by atoms with Gasteiger partial charge in [-0.15, -0.1) is 0 Å². The topological polar surface area (TPSA) is 60.5 Å². The van der Waals surface area contributed by atoms with E-state index in [9.17, 15) is 4.79 Å². The molecule has 1 aromatic carbocycles. The molecular weight excluding hydrogens is 304 g/mol. The highest BCUT2D eigenvalue weighted by Crippen LogP contribution is 2.38. The van der Waals surface area contributed by atoms with E-state index < -0.39 is 0 Å². The van der Waals surface area contributed by atoms with Crippen molar-refractivity contribution in [3.05, 3.63) is 53.9 Å². The predicted octanol–water partition coefficient (Wildman–Crippen LogP) is 3.46. The van der Waals surface area contributed by atoms with Crippen LogP contribution in [0.1, 0.15) is 25.0 Å². The van der Waals surface area contributed by atoms with Crippen molar-refractivity contribution >= 4 is 17.7 Å². The van der Waals surface area contributed by atoms with E-state index in [1.165, 1.54) is 6.08 Å². The summed E-state index contributed by atoms with van der Waals surface area (Å²) >= 11 is 0. The number of ether oxygens (including phenoxy) is 2. The zero-order chi connectivity index (χ0) is 16.9. The Morgan fingerprint density at radius 1 is 1.42 bits per heavy atom. The van der Waals surface area contributed by atoms with E-state index in [-0.39, 0.29) is 12.0 Å². The number of carbonyl (C=O) groups is 1. The molecule has 0 radical (unpaired) electrons. The van der Waals surface area contributed by atoms with E-state index in [4.69, 9.17) is 9.47 Å². The van der Waals surface area contributed by atoms with Crippen molar-refractivity contribution in [1.29, 1.82) is 0 Å². The van der Waals surface area contributed by atoms with Crippen LogP contribution in [0.5, 0.6) is 11.5 Å². The Balaban J connectivity index is 1.77. The first-order chi connectivity index (χ1) is 11.7. The summed E-state index contributed by atoms with van der Waals surface area (Å²) in [5.41, 5.74) is 2.64. The number of amides is 1. The lowest BCUT2D eigenvalue weighted by Crippen LogP contribution is -2.10. The first-order valence-electron chi connectivity index (χ1n) is 8.01. The number of anilines is 1. The van der Waals surface area contributed by atoms with Crippen LogP contribution in [0.4, 0.5) is 5.69 Å². The third kappa shape index (κ3) is 3.74. The van der Waals surface area contributed by atoms with E-state index in [1.807, 2.05) is 38.1 Å². The fourth-order valence-corrected chi connectivity index (χ4v) is 2.63. The van der Waals surface area contributed by atoms with E-state index in [0.717, 1.165) is 23.3 Å². The molecule has 0 spiro atoms. The van der Waals surface area contributed by atoms with Crippen molar-refractivity contribution in [1.82, 2.24) is 4.98 Å². The maximum Gasteiger partial charge on any atom is 0.248 e. The van der Waals surface area contributed by atoms with Gasteiger partial charge in [0.2, 0.25) is 5.91 Å². The molecule has 5 nitrogen and oxygen atoms in total. The molecule has 2 heterocycles. The summed E-state index contributed by atoms with van der Waals surface area (Å²) in [6.07, 6.45) is 7.59. The molecular formula is C19H20N2O3. The highest BCUT2D eigenvalue weighted by atomic mass is 16.5. The van der Waals surface area contributed by atoms with Crippen LogP contribution >= 0.6 is 0 Å². The zero-order valence-corrected chi connectivity index (χ0v) is 13.8. The minimum Gasteiger partial charge on any atom is -0.492 e. The molecule has 1 unspecified atom stereocenters. The smallest absolute Gasteiger partial charge is 0.248 e. The van der Waals surface area contributed by atoms with Crippen molar-refractivity contribution in [3.63, 3.8) is 0 Å². The second-order valence-corrected chi connectivity index (χ2v) is 5.62. The van der Waals surface area contributed by atoms with Crippen LogP contribution in [0.3, 0.4) is 0 Å². The number of fused-ring (bicyclic) bond motifs is 1. The third-order valence-electron chi connectivity index (χ3n) is 3.69. The molecule has 5 heteroatoms. The summed E-state index contributed by atoms with van der Waals surface area (Å²) in [6, 6.07) is 7.45. The lowest BCUT2D eigenvalue weighted by Gasteiger charge is -2.12. The van der Waals surface area contributed by atoms with Gasteiger partial charge >= 0.3 is 0 Å². The number of rotatable bonds is 5. The second-order valence-electron chi connectivity index (χ2n) is 5.62. The minimum atomic E-state index is -0.223. The van der Waals surface area contributed by atoms with Gasteiger partial charge in [-0.2, -0.15) is 0 Å². The van der Waals surface area contributed by atoms with Crippen molar-refractivity contribution in [2.75, 3.05) is 11.9 Å². The second kappa shape index (κ2) is 7.17. The van der Waals surface area contributed by atoms with Crippen molar-refractivity contribution in [3.8, 4) is 11.5 Å².